The molecular formula is C21H32N4O2. The van der Waals surface area contributed by atoms with Crippen LogP contribution in [-0.2, 0) is 0 Å². The summed E-state index contributed by atoms with van der Waals surface area (Å²) in [7, 11) is 0. The van der Waals surface area contributed by atoms with Crippen LogP contribution in [0.4, 0.5) is 0 Å². The first-order chi connectivity index (χ1) is 13.2. The maximum absolute atomic E-state index is 9.58. The zero-order valence-electron chi connectivity index (χ0n) is 16.4. The molecule has 0 spiro atoms. The van der Waals surface area contributed by atoms with Crippen LogP contribution in [0.15, 0.2) is 39.7 Å². The number of para-hydroxylation sites is 1. The van der Waals surface area contributed by atoms with Gasteiger partial charge in [0.15, 0.2) is 5.96 Å². The third kappa shape index (κ3) is 5.71. The van der Waals surface area contributed by atoms with E-state index in [0.717, 1.165) is 74.7 Å². The second-order valence-electron chi connectivity index (χ2n) is 7.24. The molecule has 1 unspecified atom stereocenters. The minimum absolute atomic E-state index is 0.0405. The van der Waals surface area contributed by atoms with E-state index in [4.69, 9.17) is 9.41 Å². The minimum atomic E-state index is -0.108. The first-order valence-corrected chi connectivity index (χ1v) is 10.1. The predicted molar refractivity (Wildman–Crippen MR) is 110 cm³/mol. The maximum atomic E-state index is 9.58. The quantitative estimate of drug-likeness (QED) is 0.396. The van der Waals surface area contributed by atoms with Gasteiger partial charge in [-0.05, 0) is 51.8 Å². The van der Waals surface area contributed by atoms with Gasteiger partial charge in [-0.1, -0.05) is 18.2 Å². The molecule has 2 heterocycles. The number of hydrogen-bond acceptors (Lipinski definition) is 4. The molecule has 2 aromatic rings. The van der Waals surface area contributed by atoms with Crippen LogP contribution in [-0.4, -0.2) is 54.8 Å². The van der Waals surface area contributed by atoms with E-state index in [2.05, 4.69) is 41.5 Å². The van der Waals surface area contributed by atoms with Crippen molar-refractivity contribution < 1.29 is 9.52 Å². The fraction of sp³-hybridized carbons (Fsp3) is 0.571. The van der Waals surface area contributed by atoms with Crippen molar-refractivity contribution in [3.8, 4) is 0 Å². The number of likely N-dealkylation sites (tertiary alicyclic amines) is 1. The summed E-state index contributed by atoms with van der Waals surface area (Å²) < 4.78 is 5.95. The molecule has 6 heteroatoms. The Kier molecular flexibility index (Phi) is 7.12. The Bertz CT molecular complexity index is 702. The van der Waals surface area contributed by atoms with Crippen LogP contribution in [0, 0.1) is 0 Å². The van der Waals surface area contributed by atoms with E-state index in [0.29, 0.717) is 0 Å². The van der Waals surface area contributed by atoms with Crippen LogP contribution in [0.1, 0.15) is 44.9 Å². The molecule has 0 bridgehead atoms. The smallest absolute Gasteiger partial charge is 0.191 e. The molecule has 0 aliphatic carbocycles. The van der Waals surface area contributed by atoms with Gasteiger partial charge in [-0.3, -0.25) is 4.99 Å². The lowest BCUT2D eigenvalue weighted by Crippen LogP contribution is -2.39. The lowest BCUT2D eigenvalue weighted by molar-refractivity contribution is 0.0824. The highest BCUT2D eigenvalue weighted by Gasteiger charge is 2.16. The van der Waals surface area contributed by atoms with Crippen LogP contribution in [0.25, 0.3) is 11.0 Å². The average Bonchev–Trinajstić information content (AvgIpc) is 3.11. The molecule has 1 aromatic heterocycles. The molecule has 148 valence electrons. The number of aliphatic imine (C=N–C) groups is 1. The summed E-state index contributed by atoms with van der Waals surface area (Å²) in [5, 5.41) is 17.5. The summed E-state index contributed by atoms with van der Waals surface area (Å²) >= 11 is 0. The summed E-state index contributed by atoms with van der Waals surface area (Å²) in [6, 6.07) is 10.2. The number of piperidine rings is 1. The zero-order chi connectivity index (χ0) is 19.1. The molecule has 3 rings (SSSR count). The summed E-state index contributed by atoms with van der Waals surface area (Å²) in [5.74, 6) is 1.73. The van der Waals surface area contributed by atoms with Gasteiger partial charge in [0.05, 0.1) is 12.1 Å². The van der Waals surface area contributed by atoms with Crippen molar-refractivity contribution in [1.29, 1.82) is 0 Å². The van der Waals surface area contributed by atoms with Gasteiger partial charge >= 0.3 is 0 Å². The standard InChI is InChI=1S/C21H32N4O2/c1-3-22-21(23-11-6-12-25-13-9-18(26)10-14-25)24-16(2)20-15-17-7-4-5-8-19(17)27-20/h4-5,7-8,15-16,18,26H,3,6,9-14H2,1-2H3,(H2,22,23,24). The number of benzene rings is 1. The van der Waals surface area contributed by atoms with Crippen molar-refractivity contribution in [2.24, 2.45) is 4.99 Å². The Hall–Kier alpha value is -2.05. The second kappa shape index (κ2) is 9.76. The number of rotatable bonds is 7. The Labute approximate surface area is 161 Å². The van der Waals surface area contributed by atoms with Crippen molar-refractivity contribution >= 4 is 16.9 Å². The van der Waals surface area contributed by atoms with E-state index in [-0.39, 0.29) is 12.1 Å². The number of aliphatic hydroxyl groups is 1. The predicted octanol–water partition coefficient (Wildman–Crippen LogP) is 2.90. The molecule has 3 N–H and O–H groups in total. The average molecular weight is 373 g/mol. The largest absolute Gasteiger partial charge is 0.459 e. The normalized spacial score (nSPS) is 18.0. The monoisotopic (exact) mass is 372 g/mol. The Morgan fingerprint density at radius 3 is 2.85 bits per heavy atom. The number of fused-ring (bicyclic) bond motifs is 1. The van der Waals surface area contributed by atoms with Gasteiger partial charge in [0.2, 0.25) is 0 Å². The van der Waals surface area contributed by atoms with Gasteiger partial charge in [0.25, 0.3) is 0 Å². The molecule has 1 fully saturated rings. The van der Waals surface area contributed by atoms with Crippen molar-refractivity contribution in [1.82, 2.24) is 15.5 Å². The fourth-order valence-electron chi connectivity index (χ4n) is 3.44. The number of aliphatic hydroxyl groups excluding tert-OH is 1. The molecule has 0 amide bonds. The van der Waals surface area contributed by atoms with Crippen molar-refractivity contribution in [3.05, 3.63) is 36.1 Å². The highest BCUT2D eigenvalue weighted by atomic mass is 16.3. The first kappa shape index (κ1) is 19.7. The number of guanidine groups is 1. The van der Waals surface area contributed by atoms with E-state index in [9.17, 15) is 5.11 Å². The summed E-state index contributed by atoms with van der Waals surface area (Å²) in [6.45, 7) is 8.78. The summed E-state index contributed by atoms with van der Waals surface area (Å²) in [5.41, 5.74) is 0.912. The lowest BCUT2D eigenvalue weighted by atomic mass is 10.1. The Morgan fingerprint density at radius 2 is 2.11 bits per heavy atom. The van der Waals surface area contributed by atoms with E-state index >= 15 is 0 Å². The third-order valence-electron chi connectivity index (χ3n) is 5.03. The zero-order valence-corrected chi connectivity index (χ0v) is 16.4. The van der Waals surface area contributed by atoms with Crippen molar-refractivity contribution in [3.63, 3.8) is 0 Å². The molecule has 1 saturated heterocycles. The van der Waals surface area contributed by atoms with E-state index in [1.54, 1.807) is 0 Å². The van der Waals surface area contributed by atoms with Crippen LogP contribution >= 0.6 is 0 Å². The molecule has 1 aliphatic rings. The van der Waals surface area contributed by atoms with Crippen LogP contribution < -0.4 is 10.6 Å². The Balaban J connectivity index is 1.50. The van der Waals surface area contributed by atoms with E-state index in [1.807, 2.05) is 18.2 Å². The Morgan fingerprint density at radius 1 is 1.33 bits per heavy atom. The summed E-state index contributed by atoms with van der Waals surface area (Å²) in [4.78, 5) is 7.13. The van der Waals surface area contributed by atoms with Crippen molar-refractivity contribution in [2.45, 2.75) is 45.3 Å². The third-order valence-corrected chi connectivity index (χ3v) is 5.03. The second-order valence-corrected chi connectivity index (χ2v) is 7.24. The van der Waals surface area contributed by atoms with Gasteiger partial charge in [-0.2, -0.15) is 0 Å². The van der Waals surface area contributed by atoms with Crippen LogP contribution in [0.5, 0.6) is 0 Å². The van der Waals surface area contributed by atoms with E-state index in [1.165, 1.54) is 0 Å². The number of nitrogens with one attached hydrogen (secondary N) is 2. The van der Waals surface area contributed by atoms with Gasteiger partial charge < -0.3 is 25.1 Å². The number of hydrogen-bond donors (Lipinski definition) is 3. The molecule has 1 atom stereocenters. The number of furan rings is 1. The van der Waals surface area contributed by atoms with Crippen molar-refractivity contribution in [2.75, 3.05) is 32.7 Å². The molecule has 6 nitrogen and oxygen atoms in total. The van der Waals surface area contributed by atoms with Gasteiger partial charge in [0.1, 0.15) is 11.3 Å². The summed E-state index contributed by atoms with van der Waals surface area (Å²) in [6.07, 6.45) is 2.69. The van der Waals surface area contributed by atoms with Gasteiger partial charge in [-0.15, -0.1) is 0 Å². The molecular weight excluding hydrogens is 340 g/mol. The lowest BCUT2D eigenvalue weighted by Gasteiger charge is -2.29. The highest BCUT2D eigenvalue weighted by Crippen LogP contribution is 2.23. The first-order valence-electron chi connectivity index (χ1n) is 10.1. The molecule has 27 heavy (non-hydrogen) atoms. The maximum Gasteiger partial charge on any atom is 0.191 e. The van der Waals surface area contributed by atoms with Gasteiger partial charge in [0, 0.05) is 31.6 Å². The topological polar surface area (TPSA) is 73.0 Å². The molecule has 0 saturated carbocycles. The minimum Gasteiger partial charge on any atom is -0.459 e. The highest BCUT2D eigenvalue weighted by molar-refractivity contribution is 5.81. The number of nitrogens with zero attached hydrogens (tertiary/aromatic N) is 2. The molecule has 0 radical (unpaired) electrons. The molecule has 1 aliphatic heterocycles. The van der Waals surface area contributed by atoms with Gasteiger partial charge in [-0.25, -0.2) is 0 Å². The van der Waals surface area contributed by atoms with E-state index < -0.39 is 0 Å². The van der Waals surface area contributed by atoms with Crippen LogP contribution in [0.3, 0.4) is 0 Å². The molecule has 1 aromatic carbocycles. The van der Waals surface area contributed by atoms with Crippen LogP contribution in [0.2, 0.25) is 0 Å². The fourth-order valence-corrected chi connectivity index (χ4v) is 3.44. The SMILES string of the molecule is CCNC(=NCCCN1CCC(O)CC1)NC(C)c1cc2ccccc2o1.